The first-order chi connectivity index (χ1) is 18.0. The van der Waals surface area contributed by atoms with Gasteiger partial charge in [-0.25, -0.2) is 14.5 Å². The number of nitrogens with one attached hydrogen (secondary N) is 1. The maximum atomic E-state index is 11.2. The van der Waals surface area contributed by atoms with Crippen molar-refractivity contribution >= 4 is 22.8 Å². The molecule has 9 heteroatoms. The van der Waals surface area contributed by atoms with E-state index in [1.165, 1.54) is 12.1 Å². The van der Waals surface area contributed by atoms with Crippen LogP contribution in [0.4, 0.5) is 5.82 Å². The zero-order valence-corrected chi connectivity index (χ0v) is 20.9. The first-order valence-corrected chi connectivity index (χ1v) is 12.3. The first kappa shape index (κ1) is 24.6. The van der Waals surface area contributed by atoms with Crippen LogP contribution < -0.4 is 14.8 Å². The normalized spacial score (nSPS) is 17.5. The lowest BCUT2D eigenvalue weighted by atomic mass is 9.93. The Bertz CT molecular complexity index is 1360. The van der Waals surface area contributed by atoms with Gasteiger partial charge in [0.05, 0.1) is 25.3 Å². The van der Waals surface area contributed by atoms with Gasteiger partial charge in [0.2, 0.25) is 0 Å². The van der Waals surface area contributed by atoms with E-state index < -0.39 is 5.97 Å². The lowest BCUT2D eigenvalue weighted by Crippen LogP contribution is -2.29. The minimum atomic E-state index is -0.979. The fraction of sp³-hybridized carbons (Fsp3) is 0.321. The maximum absolute atomic E-state index is 11.2. The van der Waals surface area contributed by atoms with Crippen LogP contribution in [0.3, 0.4) is 0 Å². The number of fused-ring (bicyclic) bond motifs is 1. The zero-order chi connectivity index (χ0) is 25.8. The molecule has 0 unspecified atom stereocenters. The molecule has 9 nitrogen and oxygen atoms in total. The largest absolute Gasteiger partial charge is 0.497 e. The Kier molecular flexibility index (Phi) is 7.23. The summed E-state index contributed by atoms with van der Waals surface area (Å²) in [5.41, 5.74) is 1.96. The molecule has 192 valence electrons. The molecule has 2 N–H and O–H groups in total. The average Bonchev–Trinajstić information content (AvgIpc) is 3.27. The highest BCUT2D eigenvalue weighted by molar-refractivity contribution is 5.93. The summed E-state index contributed by atoms with van der Waals surface area (Å²) in [6.45, 7) is 0.530. The number of carboxylic acid groups (broad SMARTS) is 1. The number of nitrogens with zero attached hydrogens (tertiary/aromatic N) is 3. The Morgan fingerprint density at radius 3 is 2.35 bits per heavy atom. The van der Waals surface area contributed by atoms with Crippen LogP contribution in [-0.4, -0.2) is 52.2 Å². The third-order valence-corrected chi connectivity index (χ3v) is 6.76. The number of carboxylic acids is 1. The number of carbonyl (C=O) groups is 1. The molecule has 5 rings (SSSR count). The highest BCUT2D eigenvalue weighted by Gasteiger charge is 2.24. The van der Waals surface area contributed by atoms with E-state index in [4.69, 9.17) is 19.3 Å². The highest BCUT2D eigenvalue weighted by atomic mass is 16.5. The third kappa shape index (κ3) is 5.51. The Morgan fingerprint density at radius 2 is 1.70 bits per heavy atom. The molecule has 0 amide bonds. The second-order valence-electron chi connectivity index (χ2n) is 9.15. The number of ether oxygens (including phenoxy) is 3. The van der Waals surface area contributed by atoms with E-state index in [1.807, 2.05) is 28.9 Å². The number of rotatable bonds is 9. The predicted octanol–water partition coefficient (Wildman–Crippen LogP) is 5.35. The summed E-state index contributed by atoms with van der Waals surface area (Å²) in [5.74, 6) is 1.67. The molecule has 0 spiro atoms. The highest BCUT2D eigenvalue weighted by Crippen LogP contribution is 2.36. The number of benzene rings is 2. The van der Waals surface area contributed by atoms with Gasteiger partial charge in [0, 0.05) is 25.4 Å². The molecule has 0 saturated heterocycles. The lowest BCUT2D eigenvalue weighted by Gasteiger charge is -2.28. The van der Waals surface area contributed by atoms with Gasteiger partial charge in [-0.2, -0.15) is 5.10 Å². The van der Waals surface area contributed by atoms with Crippen molar-refractivity contribution in [3.05, 3.63) is 71.9 Å². The quantitative estimate of drug-likeness (QED) is 0.315. The third-order valence-electron chi connectivity index (χ3n) is 6.76. The second kappa shape index (κ2) is 10.9. The van der Waals surface area contributed by atoms with Crippen LogP contribution in [-0.2, 0) is 11.3 Å². The molecule has 0 radical (unpaired) electrons. The number of pyridine rings is 1. The van der Waals surface area contributed by atoms with Crippen molar-refractivity contribution in [2.75, 3.05) is 19.5 Å². The van der Waals surface area contributed by atoms with Crippen LogP contribution in [0.5, 0.6) is 17.2 Å². The number of hydrogen-bond acceptors (Lipinski definition) is 7. The van der Waals surface area contributed by atoms with Gasteiger partial charge in [-0.1, -0.05) is 12.1 Å². The predicted molar refractivity (Wildman–Crippen MR) is 140 cm³/mol. The Morgan fingerprint density at radius 1 is 1.00 bits per heavy atom. The van der Waals surface area contributed by atoms with E-state index in [0.29, 0.717) is 29.8 Å². The van der Waals surface area contributed by atoms with Crippen molar-refractivity contribution < 1.29 is 24.1 Å². The fourth-order valence-electron chi connectivity index (χ4n) is 4.70. The SMILES string of the molecule is COc1ccc(Cn2nc(N[C@H]3CC[C@@H](OC)CC3)c3c(Oc4ccc(C(=O)O)cc4)ccnc32)cc1. The smallest absolute Gasteiger partial charge is 0.335 e. The van der Waals surface area contributed by atoms with Gasteiger partial charge in [-0.15, -0.1) is 0 Å². The van der Waals surface area contributed by atoms with E-state index in [0.717, 1.165) is 48.2 Å². The van der Waals surface area contributed by atoms with Gasteiger partial charge in [-0.05, 0) is 67.6 Å². The van der Waals surface area contributed by atoms with Gasteiger partial charge < -0.3 is 24.6 Å². The Labute approximate surface area is 215 Å². The van der Waals surface area contributed by atoms with Gasteiger partial charge in [-0.3, -0.25) is 0 Å². The molecule has 0 aliphatic heterocycles. The van der Waals surface area contributed by atoms with Crippen molar-refractivity contribution in [2.45, 2.75) is 44.4 Å². The van der Waals surface area contributed by atoms with Crippen molar-refractivity contribution in [1.82, 2.24) is 14.8 Å². The van der Waals surface area contributed by atoms with E-state index in [9.17, 15) is 9.90 Å². The number of aromatic carboxylic acids is 1. The van der Waals surface area contributed by atoms with Gasteiger partial charge in [0.1, 0.15) is 22.6 Å². The summed E-state index contributed by atoms with van der Waals surface area (Å²) in [5, 5.41) is 18.5. The maximum Gasteiger partial charge on any atom is 0.335 e. The molecule has 1 aliphatic rings. The van der Waals surface area contributed by atoms with Crippen molar-refractivity contribution in [2.24, 2.45) is 0 Å². The monoisotopic (exact) mass is 502 g/mol. The fourth-order valence-corrected chi connectivity index (χ4v) is 4.70. The molecule has 1 saturated carbocycles. The number of aromatic nitrogens is 3. The lowest BCUT2D eigenvalue weighted by molar-refractivity contribution is 0.0681. The molecule has 37 heavy (non-hydrogen) atoms. The average molecular weight is 503 g/mol. The number of anilines is 1. The van der Waals surface area contributed by atoms with E-state index in [2.05, 4.69) is 10.3 Å². The topological polar surface area (TPSA) is 108 Å². The second-order valence-corrected chi connectivity index (χ2v) is 9.15. The summed E-state index contributed by atoms with van der Waals surface area (Å²) in [6.07, 6.45) is 5.96. The minimum Gasteiger partial charge on any atom is -0.497 e. The molecule has 1 aliphatic carbocycles. The molecule has 2 aromatic carbocycles. The number of methoxy groups -OCH3 is 2. The van der Waals surface area contributed by atoms with E-state index in [1.54, 1.807) is 38.6 Å². The van der Waals surface area contributed by atoms with E-state index >= 15 is 0 Å². The molecule has 0 bridgehead atoms. The molecular weight excluding hydrogens is 472 g/mol. The summed E-state index contributed by atoms with van der Waals surface area (Å²) in [7, 11) is 3.42. The van der Waals surface area contributed by atoms with Crippen LogP contribution in [0.15, 0.2) is 60.8 Å². The molecule has 1 fully saturated rings. The summed E-state index contributed by atoms with van der Waals surface area (Å²) < 4.78 is 18.9. The standard InChI is InChI=1S/C28H30N4O5/c1-35-21-9-3-18(4-10-21)17-32-27-25(26(31-32)30-20-7-13-22(36-2)14-8-20)24(15-16-29-27)37-23-11-5-19(6-12-23)28(33)34/h3-6,9-12,15-16,20,22H,7-8,13-14,17H2,1-2H3,(H,30,31)(H,33,34)/t20-,22+. The summed E-state index contributed by atoms with van der Waals surface area (Å²) in [4.78, 5) is 15.9. The summed E-state index contributed by atoms with van der Waals surface area (Å²) >= 11 is 0. The van der Waals surface area contributed by atoms with E-state index in [-0.39, 0.29) is 11.6 Å². The minimum absolute atomic E-state index is 0.202. The van der Waals surface area contributed by atoms with Crippen molar-refractivity contribution in [3.8, 4) is 17.2 Å². The van der Waals surface area contributed by atoms with Crippen molar-refractivity contribution in [1.29, 1.82) is 0 Å². The zero-order valence-electron chi connectivity index (χ0n) is 20.9. The van der Waals surface area contributed by atoms with Crippen LogP contribution >= 0.6 is 0 Å². The molecular formula is C28H30N4O5. The van der Waals surface area contributed by atoms with Crippen molar-refractivity contribution in [3.63, 3.8) is 0 Å². The van der Waals surface area contributed by atoms with Gasteiger partial charge in [0.25, 0.3) is 0 Å². The molecule has 0 atom stereocenters. The van der Waals surface area contributed by atoms with Gasteiger partial charge in [0.15, 0.2) is 11.5 Å². The first-order valence-electron chi connectivity index (χ1n) is 12.3. The van der Waals surface area contributed by atoms with Crippen LogP contribution in [0.2, 0.25) is 0 Å². The molecule has 4 aromatic rings. The van der Waals surface area contributed by atoms with Crippen LogP contribution in [0.1, 0.15) is 41.6 Å². The van der Waals surface area contributed by atoms with Crippen LogP contribution in [0, 0.1) is 0 Å². The Balaban J connectivity index is 1.49. The number of hydrogen-bond donors (Lipinski definition) is 2. The molecule has 2 aromatic heterocycles. The summed E-state index contributed by atoms with van der Waals surface area (Å²) in [6, 6.07) is 16.3. The Hall–Kier alpha value is -4.11. The van der Waals surface area contributed by atoms with Crippen LogP contribution in [0.25, 0.3) is 11.0 Å². The van der Waals surface area contributed by atoms with Gasteiger partial charge >= 0.3 is 5.97 Å². The molecule has 2 heterocycles.